The molecule has 16 heavy (non-hydrogen) atoms. The average Bonchev–Trinajstić information content (AvgIpc) is 2.76. The van der Waals surface area contributed by atoms with Crippen molar-refractivity contribution in [1.82, 2.24) is 19.7 Å². The summed E-state index contributed by atoms with van der Waals surface area (Å²) < 4.78 is 1.40. The van der Waals surface area contributed by atoms with Crippen LogP contribution in [0.15, 0.2) is 12.7 Å². The Balaban J connectivity index is 2.71. The second-order valence-corrected chi connectivity index (χ2v) is 3.30. The van der Waals surface area contributed by atoms with E-state index in [4.69, 9.17) is 5.11 Å². The van der Waals surface area contributed by atoms with Crippen LogP contribution in [0, 0.1) is 0 Å². The maximum absolute atomic E-state index is 11.9. The van der Waals surface area contributed by atoms with Crippen LogP contribution >= 0.6 is 0 Å². The van der Waals surface area contributed by atoms with E-state index in [1.165, 1.54) is 22.2 Å². The summed E-state index contributed by atoms with van der Waals surface area (Å²) in [6.07, 6.45) is 2.76. The summed E-state index contributed by atoms with van der Waals surface area (Å²) >= 11 is 0. The first-order valence-electron chi connectivity index (χ1n) is 4.91. The lowest BCUT2D eigenvalue weighted by Crippen LogP contribution is -2.39. The van der Waals surface area contributed by atoms with Crippen molar-refractivity contribution >= 4 is 11.9 Å². The number of carbonyl (C=O) groups is 2. The third kappa shape index (κ3) is 2.78. The van der Waals surface area contributed by atoms with E-state index in [2.05, 4.69) is 10.1 Å². The van der Waals surface area contributed by atoms with Crippen LogP contribution in [0.4, 0.5) is 0 Å². The quantitative estimate of drug-likeness (QED) is 0.749. The van der Waals surface area contributed by atoms with Gasteiger partial charge in [0.05, 0.1) is 0 Å². The second-order valence-electron chi connectivity index (χ2n) is 3.30. The maximum Gasteiger partial charge on any atom is 0.323 e. The van der Waals surface area contributed by atoms with Crippen molar-refractivity contribution in [2.45, 2.75) is 19.9 Å². The molecular weight excluding hydrogens is 212 g/mol. The highest BCUT2D eigenvalue weighted by molar-refractivity contribution is 5.83. The Hall–Kier alpha value is -1.92. The zero-order valence-electron chi connectivity index (χ0n) is 9.20. The number of aliphatic carboxylic acids is 1. The summed E-state index contributed by atoms with van der Waals surface area (Å²) in [5.41, 5.74) is 0. The number of carboxylic acids is 1. The van der Waals surface area contributed by atoms with Gasteiger partial charge in [0, 0.05) is 6.54 Å². The van der Waals surface area contributed by atoms with Gasteiger partial charge in [-0.25, -0.2) is 9.67 Å². The minimum atomic E-state index is -1.03. The van der Waals surface area contributed by atoms with Crippen LogP contribution in [-0.2, 0) is 9.59 Å². The van der Waals surface area contributed by atoms with Gasteiger partial charge in [0.2, 0.25) is 5.91 Å². The first-order chi connectivity index (χ1) is 7.56. The summed E-state index contributed by atoms with van der Waals surface area (Å²) in [5.74, 6) is -1.31. The fraction of sp³-hybridized carbons (Fsp3) is 0.556. The zero-order chi connectivity index (χ0) is 12.1. The lowest BCUT2D eigenvalue weighted by molar-refractivity contribution is -0.145. The molecular formula is C9H14N4O3. The van der Waals surface area contributed by atoms with E-state index in [9.17, 15) is 9.59 Å². The van der Waals surface area contributed by atoms with E-state index in [0.717, 1.165) is 0 Å². The molecule has 1 N–H and O–H groups in total. The highest BCUT2D eigenvalue weighted by atomic mass is 16.4. The molecule has 0 saturated heterocycles. The van der Waals surface area contributed by atoms with Crippen molar-refractivity contribution < 1.29 is 14.7 Å². The Labute approximate surface area is 92.7 Å². The van der Waals surface area contributed by atoms with Crippen LogP contribution in [0.25, 0.3) is 0 Å². The van der Waals surface area contributed by atoms with Crippen molar-refractivity contribution in [2.24, 2.45) is 0 Å². The number of hydrogen-bond acceptors (Lipinski definition) is 4. The van der Waals surface area contributed by atoms with E-state index in [-0.39, 0.29) is 12.5 Å². The van der Waals surface area contributed by atoms with Crippen LogP contribution in [-0.4, -0.2) is 49.7 Å². The first-order valence-corrected chi connectivity index (χ1v) is 4.91. The first kappa shape index (κ1) is 12.2. The third-order valence-corrected chi connectivity index (χ3v) is 2.21. The van der Waals surface area contributed by atoms with Gasteiger partial charge in [0.1, 0.15) is 25.2 Å². The molecule has 0 spiro atoms. The van der Waals surface area contributed by atoms with Crippen LogP contribution in [0.3, 0.4) is 0 Å². The number of carbonyl (C=O) groups excluding carboxylic acids is 1. The lowest BCUT2D eigenvalue weighted by Gasteiger charge is -2.22. The lowest BCUT2D eigenvalue weighted by atomic mass is 10.3. The molecule has 1 heterocycles. The SMILES string of the molecule is CCN(CC(=O)O)C(=O)C(C)n1cncn1. The van der Waals surface area contributed by atoms with Gasteiger partial charge in [0.15, 0.2) is 0 Å². The summed E-state index contributed by atoms with van der Waals surface area (Å²) in [5, 5.41) is 12.5. The molecule has 1 atom stereocenters. The topological polar surface area (TPSA) is 88.3 Å². The van der Waals surface area contributed by atoms with Crippen molar-refractivity contribution in [3.63, 3.8) is 0 Å². The molecule has 1 aromatic rings. The van der Waals surface area contributed by atoms with Crippen LogP contribution in [0.5, 0.6) is 0 Å². The second kappa shape index (κ2) is 5.24. The molecule has 0 aliphatic carbocycles. The molecule has 1 rings (SSSR count). The summed E-state index contributed by atoms with van der Waals surface area (Å²) in [6, 6.07) is -0.540. The number of amides is 1. The Morgan fingerprint density at radius 1 is 1.56 bits per heavy atom. The molecule has 0 saturated carbocycles. The van der Waals surface area contributed by atoms with Gasteiger partial charge in [-0.3, -0.25) is 9.59 Å². The smallest absolute Gasteiger partial charge is 0.323 e. The fourth-order valence-corrected chi connectivity index (χ4v) is 1.30. The number of rotatable bonds is 5. The number of aromatic nitrogens is 3. The van der Waals surface area contributed by atoms with Gasteiger partial charge in [-0.2, -0.15) is 5.10 Å². The van der Waals surface area contributed by atoms with E-state index >= 15 is 0 Å². The van der Waals surface area contributed by atoms with Crippen molar-refractivity contribution in [2.75, 3.05) is 13.1 Å². The molecule has 0 fully saturated rings. The Bertz CT molecular complexity index is 363. The van der Waals surface area contributed by atoms with Gasteiger partial charge in [-0.1, -0.05) is 0 Å². The number of likely N-dealkylation sites (N-methyl/N-ethyl adjacent to an activating group) is 1. The molecule has 1 amide bonds. The maximum atomic E-state index is 11.9. The Morgan fingerprint density at radius 3 is 2.69 bits per heavy atom. The van der Waals surface area contributed by atoms with Gasteiger partial charge in [0.25, 0.3) is 0 Å². The fourth-order valence-electron chi connectivity index (χ4n) is 1.30. The van der Waals surface area contributed by atoms with E-state index in [0.29, 0.717) is 6.54 Å². The van der Waals surface area contributed by atoms with Crippen LogP contribution < -0.4 is 0 Å². The van der Waals surface area contributed by atoms with E-state index in [1.54, 1.807) is 13.8 Å². The molecule has 0 radical (unpaired) electrons. The molecule has 7 heteroatoms. The van der Waals surface area contributed by atoms with Crippen molar-refractivity contribution in [3.05, 3.63) is 12.7 Å². The number of carboxylic acid groups (broad SMARTS) is 1. The predicted molar refractivity (Wildman–Crippen MR) is 54.6 cm³/mol. The molecule has 1 unspecified atom stereocenters. The highest BCUT2D eigenvalue weighted by Crippen LogP contribution is 2.07. The van der Waals surface area contributed by atoms with Crippen LogP contribution in [0.2, 0.25) is 0 Å². The van der Waals surface area contributed by atoms with Gasteiger partial charge in [-0.05, 0) is 13.8 Å². The minimum Gasteiger partial charge on any atom is -0.480 e. The Kier molecular flexibility index (Phi) is 3.98. The summed E-state index contributed by atoms with van der Waals surface area (Å²) in [6.45, 7) is 3.44. The predicted octanol–water partition coefficient (Wildman–Crippen LogP) is -0.228. The average molecular weight is 226 g/mol. The molecule has 0 aliphatic heterocycles. The minimum absolute atomic E-state index is 0.282. The molecule has 0 aliphatic rings. The van der Waals surface area contributed by atoms with Crippen molar-refractivity contribution in [3.8, 4) is 0 Å². The molecule has 1 aromatic heterocycles. The van der Waals surface area contributed by atoms with Gasteiger partial charge >= 0.3 is 5.97 Å². The monoisotopic (exact) mass is 226 g/mol. The summed E-state index contributed by atoms with van der Waals surface area (Å²) in [7, 11) is 0. The van der Waals surface area contributed by atoms with Crippen molar-refractivity contribution in [1.29, 1.82) is 0 Å². The molecule has 7 nitrogen and oxygen atoms in total. The van der Waals surface area contributed by atoms with Gasteiger partial charge in [-0.15, -0.1) is 0 Å². The number of hydrogen-bond donors (Lipinski definition) is 1. The largest absolute Gasteiger partial charge is 0.480 e. The Morgan fingerprint density at radius 2 is 2.25 bits per heavy atom. The standard InChI is InChI=1S/C9H14N4O3/c1-3-12(4-8(14)15)9(16)7(2)13-6-10-5-11-13/h5-7H,3-4H2,1-2H3,(H,14,15). The van der Waals surface area contributed by atoms with E-state index < -0.39 is 12.0 Å². The van der Waals surface area contributed by atoms with Gasteiger partial charge < -0.3 is 10.0 Å². The summed E-state index contributed by atoms with van der Waals surface area (Å²) in [4.78, 5) is 27.4. The zero-order valence-corrected chi connectivity index (χ0v) is 9.20. The third-order valence-electron chi connectivity index (χ3n) is 2.21. The molecule has 88 valence electrons. The van der Waals surface area contributed by atoms with Crippen LogP contribution in [0.1, 0.15) is 19.9 Å². The molecule has 0 bridgehead atoms. The normalized spacial score (nSPS) is 12.1. The number of nitrogens with zero attached hydrogens (tertiary/aromatic N) is 4. The van der Waals surface area contributed by atoms with E-state index in [1.807, 2.05) is 0 Å². The molecule has 0 aromatic carbocycles. The highest BCUT2D eigenvalue weighted by Gasteiger charge is 2.22.